The maximum Gasteiger partial charge on any atom is 0.258 e. The van der Waals surface area contributed by atoms with Crippen LogP contribution in [-0.2, 0) is 6.54 Å². The molecule has 5 nitrogen and oxygen atoms in total. The zero-order valence-corrected chi connectivity index (χ0v) is 13.7. The Morgan fingerprint density at radius 2 is 2.15 bits per heavy atom. The highest BCUT2D eigenvalue weighted by Crippen LogP contribution is 2.25. The topological polar surface area (TPSA) is 54.2 Å². The van der Waals surface area contributed by atoms with Gasteiger partial charge in [0.1, 0.15) is 0 Å². The van der Waals surface area contributed by atoms with Gasteiger partial charge in [0.15, 0.2) is 5.82 Å². The quantitative estimate of drug-likeness (QED) is 0.796. The van der Waals surface area contributed by atoms with Crippen molar-refractivity contribution in [2.75, 3.05) is 26.2 Å². The van der Waals surface area contributed by atoms with Crippen molar-refractivity contribution in [3.05, 3.63) is 32.6 Å². The zero-order chi connectivity index (χ0) is 13.9. The third-order valence-corrected chi connectivity index (χ3v) is 4.78. The van der Waals surface area contributed by atoms with Gasteiger partial charge >= 0.3 is 0 Å². The zero-order valence-electron chi connectivity index (χ0n) is 10.8. The molecule has 2 aromatic rings. The first kappa shape index (κ1) is 14.2. The van der Waals surface area contributed by atoms with Gasteiger partial charge in [0.2, 0.25) is 0 Å². The van der Waals surface area contributed by atoms with E-state index in [4.69, 9.17) is 16.1 Å². The van der Waals surface area contributed by atoms with E-state index in [1.165, 1.54) is 0 Å². The third kappa shape index (κ3) is 3.30. The molecule has 106 valence electrons. The molecule has 1 aliphatic rings. The van der Waals surface area contributed by atoms with E-state index in [2.05, 4.69) is 42.9 Å². The van der Waals surface area contributed by atoms with E-state index in [9.17, 15) is 0 Å². The van der Waals surface area contributed by atoms with E-state index in [-0.39, 0.29) is 0 Å². The highest BCUT2D eigenvalue weighted by Gasteiger charge is 2.15. The molecule has 1 N–H and O–H groups in total. The van der Waals surface area contributed by atoms with Gasteiger partial charge in [-0.3, -0.25) is 4.90 Å². The Labute approximate surface area is 135 Å². The summed E-state index contributed by atoms with van der Waals surface area (Å²) in [6.45, 7) is 4.77. The average molecular weight is 405 g/mol. The molecule has 1 aromatic heterocycles. The lowest BCUT2D eigenvalue weighted by atomic mass is 10.2. The summed E-state index contributed by atoms with van der Waals surface area (Å²) in [6, 6.07) is 5.74. The average Bonchev–Trinajstić information content (AvgIpc) is 2.91. The molecule has 0 atom stereocenters. The SMILES string of the molecule is Clc1cc(-c2nc(CN3CCNCC3)no2)ccc1I. The number of rotatable bonds is 3. The van der Waals surface area contributed by atoms with E-state index in [1.54, 1.807) is 0 Å². The molecule has 0 saturated carbocycles. The summed E-state index contributed by atoms with van der Waals surface area (Å²) < 4.78 is 6.33. The molecule has 1 aliphatic heterocycles. The smallest absolute Gasteiger partial charge is 0.258 e. The molecular weight excluding hydrogens is 391 g/mol. The largest absolute Gasteiger partial charge is 0.334 e. The Hall–Kier alpha value is -0.700. The summed E-state index contributed by atoms with van der Waals surface area (Å²) in [5, 5.41) is 8.07. The van der Waals surface area contributed by atoms with Crippen LogP contribution in [0, 0.1) is 3.57 Å². The van der Waals surface area contributed by atoms with E-state index < -0.39 is 0 Å². The van der Waals surface area contributed by atoms with Crippen LogP contribution in [0.2, 0.25) is 5.02 Å². The van der Waals surface area contributed by atoms with Gasteiger partial charge in [-0.1, -0.05) is 16.8 Å². The van der Waals surface area contributed by atoms with Crippen LogP contribution in [0.5, 0.6) is 0 Å². The van der Waals surface area contributed by atoms with Gasteiger partial charge in [-0.05, 0) is 40.8 Å². The lowest BCUT2D eigenvalue weighted by molar-refractivity contribution is 0.225. The maximum atomic E-state index is 6.11. The molecule has 0 radical (unpaired) electrons. The van der Waals surface area contributed by atoms with Crippen LogP contribution in [0.25, 0.3) is 11.5 Å². The number of hydrogen-bond donors (Lipinski definition) is 1. The third-order valence-electron chi connectivity index (χ3n) is 3.21. The Morgan fingerprint density at radius 3 is 2.90 bits per heavy atom. The first-order valence-corrected chi connectivity index (χ1v) is 7.89. The monoisotopic (exact) mass is 404 g/mol. The van der Waals surface area contributed by atoms with Gasteiger partial charge in [-0.2, -0.15) is 4.98 Å². The molecule has 2 heterocycles. The van der Waals surface area contributed by atoms with Crippen LogP contribution in [0.1, 0.15) is 5.82 Å². The Kier molecular flexibility index (Phi) is 4.54. The van der Waals surface area contributed by atoms with E-state index in [0.717, 1.165) is 47.7 Å². The molecule has 20 heavy (non-hydrogen) atoms. The second kappa shape index (κ2) is 6.38. The number of hydrogen-bond acceptors (Lipinski definition) is 5. The standard InChI is InChI=1S/C13H14ClIN4O/c14-10-7-9(1-2-11(10)15)13-17-12(18-20-13)8-19-5-3-16-4-6-19/h1-2,7,16H,3-6,8H2. The summed E-state index contributed by atoms with van der Waals surface area (Å²) >= 11 is 8.30. The molecule has 0 amide bonds. The van der Waals surface area contributed by atoms with Crippen molar-refractivity contribution >= 4 is 34.2 Å². The number of aromatic nitrogens is 2. The molecule has 0 unspecified atom stereocenters. The van der Waals surface area contributed by atoms with Gasteiger partial charge in [0.05, 0.1) is 11.6 Å². The van der Waals surface area contributed by atoms with E-state index in [1.807, 2.05) is 18.2 Å². The van der Waals surface area contributed by atoms with Gasteiger partial charge in [0.25, 0.3) is 5.89 Å². The second-order valence-electron chi connectivity index (χ2n) is 4.67. The molecule has 0 aliphatic carbocycles. The predicted molar refractivity (Wildman–Crippen MR) is 85.6 cm³/mol. The maximum absolute atomic E-state index is 6.11. The molecule has 1 aromatic carbocycles. The van der Waals surface area contributed by atoms with Crippen molar-refractivity contribution in [3.8, 4) is 11.5 Å². The summed E-state index contributed by atoms with van der Waals surface area (Å²) in [5.74, 6) is 1.24. The van der Waals surface area contributed by atoms with Crippen LogP contribution in [-0.4, -0.2) is 41.2 Å². The summed E-state index contributed by atoms with van der Waals surface area (Å²) in [6.07, 6.45) is 0. The van der Waals surface area contributed by atoms with Crippen LogP contribution in [0.15, 0.2) is 22.7 Å². The fourth-order valence-electron chi connectivity index (χ4n) is 2.13. The van der Waals surface area contributed by atoms with Crippen molar-refractivity contribution in [2.45, 2.75) is 6.54 Å². The minimum Gasteiger partial charge on any atom is -0.334 e. The Morgan fingerprint density at radius 1 is 1.35 bits per heavy atom. The summed E-state index contributed by atoms with van der Waals surface area (Å²) in [7, 11) is 0. The first-order chi connectivity index (χ1) is 9.72. The highest BCUT2D eigenvalue weighted by atomic mass is 127. The number of nitrogens with zero attached hydrogens (tertiary/aromatic N) is 3. The van der Waals surface area contributed by atoms with Crippen LogP contribution in [0.4, 0.5) is 0 Å². The van der Waals surface area contributed by atoms with E-state index in [0.29, 0.717) is 10.9 Å². The second-order valence-corrected chi connectivity index (χ2v) is 6.24. The van der Waals surface area contributed by atoms with Gasteiger partial charge < -0.3 is 9.84 Å². The van der Waals surface area contributed by atoms with Crippen molar-refractivity contribution in [1.29, 1.82) is 0 Å². The van der Waals surface area contributed by atoms with Crippen molar-refractivity contribution in [3.63, 3.8) is 0 Å². The minimum absolute atomic E-state index is 0.522. The fraction of sp³-hybridized carbons (Fsp3) is 0.385. The number of halogens is 2. The van der Waals surface area contributed by atoms with Crippen LogP contribution in [0.3, 0.4) is 0 Å². The molecule has 0 spiro atoms. The Bertz CT molecular complexity index is 598. The van der Waals surface area contributed by atoms with Gasteiger partial charge in [0, 0.05) is 35.3 Å². The summed E-state index contributed by atoms with van der Waals surface area (Å²) in [5.41, 5.74) is 0.856. The van der Waals surface area contributed by atoms with Crippen LogP contribution < -0.4 is 5.32 Å². The van der Waals surface area contributed by atoms with E-state index >= 15 is 0 Å². The number of nitrogens with one attached hydrogen (secondary N) is 1. The van der Waals surface area contributed by atoms with Crippen molar-refractivity contribution in [2.24, 2.45) is 0 Å². The minimum atomic E-state index is 0.522. The first-order valence-electron chi connectivity index (χ1n) is 6.43. The lowest BCUT2D eigenvalue weighted by Crippen LogP contribution is -2.43. The highest BCUT2D eigenvalue weighted by molar-refractivity contribution is 14.1. The summed E-state index contributed by atoms with van der Waals surface area (Å²) in [4.78, 5) is 6.76. The molecule has 3 rings (SSSR count). The molecule has 1 saturated heterocycles. The lowest BCUT2D eigenvalue weighted by Gasteiger charge is -2.25. The molecule has 7 heteroatoms. The van der Waals surface area contributed by atoms with Crippen LogP contribution >= 0.6 is 34.2 Å². The van der Waals surface area contributed by atoms with Crippen molar-refractivity contribution in [1.82, 2.24) is 20.4 Å². The predicted octanol–water partition coefficient (Wildman–Crippen LogP) is 2.40. The molecular formula is C13H14ClIN4O. The van der Waals surface area contributed by atoms with Crippen molar-refractivity contribution < 1.29 is 4.52 Å². The fourth-order valence-corrected chi connectivity index (χ4v) is 2.65. The Balaban J connectivity index is 1.73. The molecule has 1 fully saturated rings. The number of benzene rings is 1. The van der Waals surface area contributed by atoms with Gasteiger partial charge in [-0.15, -0.1) is 0 Å². The normalized spacial score (nSPS) is 16.5. The number of piperazine rings is 1. The van der Waals surface area contributed by atoms with Gasteiger partial charge in [-0.25, -0.2) is 0 Å². The molecule has 0 bridgehead atoms.